The molecule has 1 aromatic heterocycles. The maximum absolute atomic E-state index is 10.9. The minimum absolute atomic E-state index is 0.152. The van der Waals surface area contributed by atoms with Gasteiger partial charge in [0.2, 0.25) is 0 Å². The monoisotopic (exact) mass is 262 g/mol. The lowest BCUT2D eigenvalue weighted by Gasteiger charge is -2.08. The van der Waals surface area contributed by atoms with Crippen LogP contribution >= 0.6 is 0 Å². The Balaban J connectivity index is 2.12. The molecule has 0 aliphatic heterocycles. The van der Waals surface area contributed by atoms with E-state index in [2.05, 4.69) is 13.8 Å². The number of hydrogen-bond donors (Lipinski definition) is 0. The average Bonchev–Trinajstić information content (AvgIpc) is 2.77. The van der Waals surface area contributed by atoms with Gasteiger partial charge in [-0.25, -0.2) is 0 Å². The van der Waals surface area contributed by atoms with Crippen molar-refractivity contribution in [1.29, 1.82) is 0 Å². The molecule has 0 fully saturated rings. The number of hydrogen-bond acceptors (Lipinski definition) is 3. The van der Waals surface area contributed by atoms with Crippen molar-refractivity contribution in [2.75, 3.05) is 13.2 Å². The van der Waals surface area contributed by atoms with Crippen LogP contribution in [-0.4, -0.2) is 22.7 Å². The normalized spacial score (nSPS) is 11.3. The van der Waals surface area contributed by atoms with E-state index in [-0.39, 0.29) is 10.6 Å². The number of rotatable bonds is 6. The molecule has 0 N–H and O–H groups in total. The van der Waals surface area contributed by atoms with Gasteiger partial charge < -0.3 is 9.30 Å². The van der Waals surface area contributed by atoms with Crippen molar-refractivity contribution in [3.8, 4) is 0 Å². The summed E-state index contributed by atoms with van der Waals surface area (Å²) >= 11 is 0. The summed E-state index contributed by atoms with van der Waals surface area (Å²) in [4.78, 5) is 10.6. The highest BCUT2D eigenvalue weighted by molar-refractivity contribution is 5.89. The first kappa shape index (κ1) is 13.5. The minimum atomic E-state index is -0.345. The number of aromatic nitrogens is 1. The summed E-state index contributed by atoms with van der Waals surface area (Å²) < 4.78 is 7.53. The molecule has 0 amide bonds. The molecule has 1 aromatic carbocycles. The van der Waals surface area contributed by atoms with Gasteiger partial charge in [-0.3, -0.25) is 10.1 Å². The van der Waals surface area contributed by atoms with E-state index < -0.39 is 0 Å². The predicted molar refractivity (Wildman–Crippen MR) is 74.2 cm³/mol. The molecule has 2 rings (SSSR count). The average molecular weight is 262 g/mol. The lowest BCUT2D eigenvalue weighted by atomic mass is 10.2. The second kappa shape index (κ2) is 5.84. The van der Waals surface area contributed by atoms with Crippen molar-refractivity contribution in [1.82, 2.24) is 4.57 Å². The molecule has 0 saturated carbocycles. The third-order valence-electron chi connectivity index (χ3n) is 2.92. The highest BCUT2D eigenvalue weighted by Gasteiger charge is 2.13. The van der Waals surface area contributed by atoms with Crippen LogP contribution in [0.5, 0.6) is 0 Å². The van der Waals surface area contributed by atoms with E-state index in [9.17, 15) is 10.1 Å². The predicted octanol–water partition coefficient (Wildman–Crippen LogP) is 3.22. The van der Waals surface area contributed by atoms with Crippen molar-refractivity contribution >= 4 is 16.6 Å². The summed E-state index contributed by atoms with van der Waals surface area (Å²) in [5.41, 5.74) is 1.03. The van der Waals surface area contributed by atoms with E-state index in [0.29, 0.717) is 24.5 Å². The largest absolute Gasteiger partial charge is 0.379 e. The van der Waals surface area contributed by atoms with Crippen molar-refractivity contribution in [2.24, 2.45) is 5.92 Å². The van der Waals surface area contributed by atoms with Crippen LogP contribution < -0.4 is 0 Å². The van der Waals surface area contributed by atoms with Crippen LogP contribution in [0.1, 0.15) is 13.8 Å². The molecule has 1 heterocycles. The number of non-ortho nitro benzene ring substituents is 1. The SMILES string of the molecule is CC(C)COCCn1ccc2c([N+](=O)[O-])cccc21. The molecule has 0 aliphatic carbocycles. The van der Waals surface area contributed by atoms with Crippen LogP contribution in [-0.2, 0) is 11.3 Å². The summed E-state index contributed by atoms with van der Waals surface area (Å²) in [6, 6.07) is 6.93. The number of fused-ring (bicyclic) bond motifs is 1. The minimum Gasteiger partial charge on any atom is -0.379 e. The van der Waals surface area contributed by atoms with Gasteiger partial charge in [-0.05, 0) is 18.1 Å². The van der Waals surface area contributed by atoms with Crippen molar-refractivity contribution in [2.45, 2.75) is 20.4 Å². The second-order valence-electron chi connectivity index (χ2n) is 4.94. The first-order valence-corrected chi connectivity index (χ1v) is 6.39. The number of nitro benzene ring substituents is 1. The molecule has 0 saturated heterocycles. The molecule has 0 bridgehead atoms. The van der Waals surface area contributed by atoms with E-state index in [1.165, 1.54) is 6.07 Å². The van der Waals surface area contributed by atoms with Crippen LogP contribution in [0.25, 0.3) is 10.9 Å². The van der Waals surface area contributed by atoms with Gasteiger partial charge in [0.05, 0.1) is 22.4 Å². The van der Waals surface area contributed by atoms with Crippen LogP contribution in [0.3, 0.4) is 0 Å². The molecule has 5 heteroatoms. The van der Waals surface area contributed by atoms with Gasteiger partial charge in [0.15, 0.2) is 0 Å². The lowest BCUT2D eigenvalue weighted by molar-refractivity contribution is -0.383. The van der Waals surface area contributed by atoms with E-state index in [1.54, 1.807) is 12.1 Å². The highest BCUT2D eigenvalue weighted by atomic mass is 16.6. The fraction of sp³-hybridized carbons (Fsp3) is 0.429. The first-order valence-electron chi connectivity index (χ1n) is 6.39. The topological polar surface area (TPSA) is 57.3 Å². The van der Waals surface area contributed by atoms with Crippen LogP contribution in [0.2, 0.25) is 0 Å². The smallest absolute Gasteiger partial charge is 0.278 e. The van der Waals surface area contributed by atoms with E-state index in [4.69, 9.17) is 4.74 Å². The quantitative estimate of drug-likeness (QED) is 0.456. The summed E-state index contributed by atoms with van der Waals surface area (Å²) in [6.45, 7) is 6.27. The Bertz CT molecular complexity index is 575. The van der Waals surface area contributed by atoms with Gasteiger partial charge in [-0.15, -0.1) is 0 Å². The third-order valence-corrected chi connectivity index (χ3v) is 2.92. The Hall–Kier alpha value is -1.88. The van der Waals surface area contributed by atoms with E-state index >= 15 is 0 Å². The molecule has 0 atom stereocenters. The zero-order chi connectivity index (χ0) is 13.8. The van der Waals surface area contributed by atoms with Crippen LogP contribution in [0.4, 0.5) is 5.69 Å². The molecular formula is C14H18N2O3. The molecule has 2 aromatic rings. The van der Waals surface area contributed by atoms with Crippen molar-refractivity contribution in [3.63, 3.8) is 0 Å². The van der Waals surface area contributed by atoms with Gasteiger partial charge in [-0.2, -0.15) is 0 Å². The molecule has 0 aliphatic rings. The zero-order valence-electron chi connectivity index (χ0n) is 11.2. The fourth-order valence-corrected chi connectivity index (χ4v) is 2.04. The van der Waals surface area contributed by atoms with Gasteiger partial charge in [0, 0.05) is 25.4 Å². The molecule has 0 unspecified atom stereocenters. The maximum atomic E-state index is 10.9. The third kappa shape index (κ3) is 3.12. The lowest BCUT2D eigenvalue weighted by Crippen LogP contribution is -2.08. The molecule has 0 radical (unpaired) electrons. The molecular weight excluding hydrogens is 244 g/mol. The van der Waals surface area contributed by atoms with Gasteiger partial charge in [0.25, 0.3) is 5.69 Å². The highest BCUT2D eigenvalue weighted by Crippen LogP contribution is 2.26. The Morgan fingerprint density at radius 1 is 1.37 bits per heavy atom. The Morgan fingerprint density at radius 3 is 2.84 bits per heavy atom. The summed E-state index contributed by atoms with van der Waals surface area (Å²) in [7, 11) is 0. The summed E-state index contributed by atoms with van der Waals surface area (Å²) in [6.07, 6.45) is 1.87. The van der Waals surface area contributed by atoms with Crippen LogP contribution in [0, 0.1) is 16.0 Å². The number of nitro groups is 1. The van der Waals surface area contributed by atoms with E-state index in [1.807, 2.05) is 16.8 Å². The van der Waals surface area contributed by atoms with Gasteiger partial charge >= 0.3 is 0 Å². The number of ether oxygens (including phenoxy) is 1. The number of benzene rings is 1. The number of nitrogens with zero attached hydrogens (tertiary/aromatic N) is 2. The fourth-order valence-electron chi connectivity index (χ4n) is 2.04. The Morgan fingerprint density at radius 2 is 2.16 bits per heavy atom. The van der Waals surface area contributed by atoms with Gasteiger partial charge in [-0.1, -0.05) is 19.9 Å². The van der Waals surface area contributed by atoms with Crippen molar-refractivity contribution < 1.29 is 9.66 Å². The second-order valence-corrected chi connectivity index (χ2v) is 4.94. The zero-order valence-corrected chi connectivity index (χ0v) is 11.2. The van der Waals surface area contributed by atoms with Crippen LogP contribution in [0.15, 0.2) is 30.5 Å². The molecule has 5 nitrogen and oxygen atoms in total. The maximum Gasteiger partial charge on any atom is 0.278 e. The van der Waals surface area contributed by atoms with E-state index in [0.717, 1.165) is 12.1 Å². The Labute approximate surface area is 111 Å². The standard InChI is InChI=1S/C14H18N2O3/c1-11(2)10-19-9-8-15-7-6-12-13(15)4-3-5-14(12)16(17)18/h3-7,11H,8-10H2,1-2H3. The Kier molecular flexibility index (Phi) is 4.16. The summed E-state index contributed by atoms with van der Waals surface area (Å²) in [5, 5.41) is 11.6. The first-order chi connectivity index (χ1) is 9.09. The van der Waals surface area contributed by atoms with Crippen molar-refractivity contribution in [3.05, 3.63) is 40.6 Å². The van der Waals surface area contributed by atoms with Gasteiger partial charge in [0.1, 0.15) is 0 Å². The molecule has 102 valence electrons. The molecule has 0 spiro atoms. The molecule has 19 heavy (non-hydrogen) atoms. The summed E-state index contributed by atoms with van der Waals surface area (Å²) in [5.74, 6) is 0.516.